The first-order valence-electron chi connectivity index (χ1n) is 5.36. The Morgan fingerprint density at radius 2 is 1.40 bits per heavy atom. The van der Waals surface area contributed by atoms with Crippen molar-refractivity contribution in [1.29, 1.82) is 0 Å². The summed E-state index contributed by atoms with van der Waals surface area (Å²) in [6, 6.07) is 0. The molecule has 0 atom stereocenters. The monoisotopic (exact) mass is 235 g/mol. The first-order valence-corrected chi connectivity index (χ1v) is 7.09. The van der Waals surface area contributed by atoms with Crippen molar-refractivity contribution in [3.8, 4) is 0 Å². The van der Waals surface area contributed by atoms with Crippen LogP contribution in [-0.4, -0.2) is 40.7 Å². The molecule has 0 aliphatic carbocycles. The van der Waals surface area contributed by atoms with Crippen LogP contribution in [0.2, 0.25) is 0 Å². The molecule has 6 heteroatoms. The number of nitrogens with one attached hydrogen (secondary N) is 1. The molecule has 5 nitrogen and oxygen atoms in total. The fourth-order valence-electron chi connectivity index (χ4n) is 1.16. The summed E-state index contributed by atoms with van der Waals surface area (Å²) in [6.07, 6.45) is 0. The van der Waals surface area contributed by atoms with Gasteiger partial charge in [-0.05, 0) is 27.7 Å². The van der Waals surface area contributed by atoms with Gasteiger partial charge in [0.1, 0.15) is 0 Å². The Balaban J connectivity index is 4.65. The van der Waals surface area contributed by atoms with Gasteiger partial charge in [0.2, 0.25) is 0 Å². The highest BCUT2D eigenvalue weighted by Crippen LogP contribution is 2.11. The van der Waals surface area contributed by atoms with Crippen molar-refractivity contribution in [3.63, 3.8) is 0 Å². The van der Waals surface area contributed by atoms with E-state index in [1.807, 2.05) is 27.7 Å². The molecule has 0 aliphatic rings. The van der Waals surface area contributed by atoms with Crippen LogP contribution in [0.1, 0.15) is 27.7 Å². The Labute approximate surface area is 92.5 Å². The van der Waals surface area contributed by atoms with E-state index in [-0.39, 0.29) is 5.53 Å². The van der Waals surface area contributed by atoms with Crippen LogP contribution in [0.3, 0.4) is 0 Å². The smallest absolute Gasteiger partial charge is 0.368 e. The molecule has 0 saturated heterocycles. The van der Waals surface area contributed by atoms with Crippen molar-refractivity contribution in [2.45, 2.75) is 27.7 Å². The van der Waals surface area contributed by atoms with E-state index in [1.165, 1.54) is 0 Å². The lowest BCUT2D eigenvalue weighted by molar-refractivity contribution is 0.0789. The van der Waals surface area contributed by atoms with Gasteiger partial charge >= 0.3 is 8.80 Å². The van der Waals surface area contributed by atoms with Gasteiger partial charge < -0.3 is 18.6 Å². The average Bonchev–Trinajstić information content (AvgIpc) is 2.19. The predicted molar refractivity (Wildman–Crippen MR) is 59.7 cm³/mol. The predicted octanol–water partition coefficient (Wildman–Crippen LogP) is 1.35. The normalized spacial score (nSPS) is 11.5. The molecule has 0 aliphatic heterocycles. The average molecular weight is 235 g/mol. The molecule has 90 valence electrons. The zero-order valence-corrected chi connectivity index (χ0v) is 11.0. The van der Waals surface area contributed by atoms with E-state index in [2.05, 4.69) is 5.32 Å². The maximum atomic E-state index is 11.8. The zero-order chi connectivity index (χ0) is 11.7. The molecule has 0 radical (unpaired) electrons. The first kappa shape index (κ1) is 14.6. The first-order chi connectivity index (χ1) is 7.16. The molecule has 0 heterocycles. The Bertz CT molecular complexity index is 172. The van der Waals surface area contributed by atoms with E-state index in [4.69, 9.17) is 13.3 Å². The lowest BCUT2D eigenvalue weighted by Gasteiger charge is -2.26. The molecule has 0 aromatic heterocycles. The molecule has 0 rings (SSSR count). The van der Waals surface area contributed by atoms with Crippen molar-refractivity contribution >= 4 is 14.3 Å². The van der Waals surface area contributed by atoms with Crippen LogP contribution in [-0.2, 0) is 13.3 Å². The lowest BCUT2D eigenvalue weighted by Crippen LogP contribution is -2.58. The van der Waals surface area contributed by atoms with E-state index in [1.54, 1.807) is 0 Å². The van der Waals surface area contributed by atoms with Gasteiger partial charge in [0.25, 0.3) is 5.53 Å². The summed E-state index contributed by atoms with van der Waals surface area (Å²) in [4.78, 5) is 11.8. The number of hydrogen-bond acceptors (Lipinski definition) is 4. The van der Waals surface area contributed by atoms with E-state index in [0.29, 0.717) is 26.4 Å². The van der Waals surface area contributed by atoms with Crippen molar-refractivity contribution in [2.75, 3.05) is 26.4 Å². The molecule has 0 aromatic rings. The molecule has 0 unspecified atom stereocenters. The topological polar surface area (TPSA) is 56.8 Å². The molecule has 0 spiro atoms. The number of carbonyl (C=O) groups excluding carboxylic acids is 1. The summed E-state index contributed by atoms with van der Waals surface area (Å²) in [5.41, 5.74) is -0.254. The van der Waals surface area contributed by atoms with Crippen LogP contribution in [0.4, 0.5) is 4.79 Å². The molecular weight excluding hydrogens is 214 g/mol. The minimum Gasteiger partial charge on any atom is -0.368 e. The second-order valence-electron chi connectivity index (χ2n) is 2.71. The van der Waals surface area contributed by atoms with Crippen molar-refractivity contribution in [3.05, 3.63) is 0 Å². The molecule has 0 bridgehead atoms. The maximum absolute atomic E-state index is 11.8. The van der Waals surface area contributed by atoms with Crippen molar-refractivity contribution in [2.24, 2.45) is 0 Å². The van der Waals surface area contributed by atoms with Gasteiger partial charge in [-0.3, -0.25) is 4.79 Å². The summed E-state index contributed by atoms with van der Waals surface area (Å²) >= 11 is 0. The second kappa shape index (κ2) is 7.81. The summed E-state index contributed by atoms with van der Waals surface area (Å²) in [6.45, 7) is 9.06. The highest BCUT2D eigenvalue weighted by molar-refractivity contribution is 6.92. The molecular formula is C9H21NO4Si. The standard InChI is InChI=1S/C9H21NO4Si/c1-5-10-9(11)15(12-6-2,13-7-3)14-8-4/h5-8H2,1-4H3,(H,10,11). The third-order valence-electron chi connectivity index (χ3n) is 1.62. The SMILES string of the molecule is CCNC(=O)[Si](OCC)(OCC)OCC. The van der Waals surface area contributed by atoms with Crippen LogP contribution < -0.4 is 5.32 Å². The van der Waals surface area contributed by atoms with Gasteiger partial charge in [-0.1, -0.05) is 0 Å². The van der Waals surface area contributed by atoms with Crippen molar-refractivity contribution < 1.29 is 18.1 Å². The molecule has 1 N–H and O–H groups in total. The van der Waals surface area contributed by atoms with E-state index in [0.717, 1.165) is 0 Å². The van der Waals surface area contributed by atoms with Gasteiger partial charge in [0.05, 0.1) is 0 Å². The maximum Gasteiger partial charge on any atom is 0.597 e. The van der Waals surface area contributed by atoms with Crippen LogP contribution in [0.25, 0.3) is 0 Å². The van der Waals surface area contributed by atoms with Crippen molar-refractivity contribution in [1.82, 2.24) is 5.32 Å². The number of hydrogen-bond donors (Lipinski definition) is 1. The third-order valence-corrected chi connectivity index (χ3v) is 4.36. The highest BCUT2D eigenvalue weighted by atomic mass is 28.4. The van der Waals surface area contributed by atoms with Crippen LogP contribution in [0, 0.1) is 0 Å². The fourth-order valence-corrected chi connectivity index (χ4v) is 3.34. The van der Waals surface area contributed by atoms with Gasteiger partial charge in [0, 0.05) is 26.4 Å². The molecule has 0 aromatic carbocycles. The van der Waals surface area contributed by atoms with Crippen LogP contribution >= 0.6 is 0 Å². The van der Waals surface area contributed by atoms with Gasteiger partial charge in [0.15, 0.2) is 0 Å². The largest absolute Gasteiger partial charge is 0.597 e. The fraction of sp³-hybridized carbons (Fsp3) is 0.889. The summed E-state index contributed by atoms with van der Waals surface area (Å²) in [5.74, 6) is 0. The van der Waals surface area contributed by atoms with Gasteiger partial charge in [-0.2, -0.15) is 0 Å². The minimum absolute atomic E-state index is 0.254. The number of carbonyl (C=O) groups is 1. The lowest BCUT2D eigenvalue weighted by atomic mass is 10.8. The number of rotatable bonds is 8. The highest BCUT2D eigenvalue weighted by Gasteiger charge is 2.49. The van der Waals surface area contributed by atoms with E-state index < -0.39 is 8.80 Å². The third kappa shape index (κ3) is 4.29. The Morgan fingerprint density at radius 3 is 1.67 bits per heavy atom. The molecule has 1 amide bonds. The zero-order valence-electron chi connectivity index (χ0n) is 9.96. The molecule has 0 saturated carbocycles. The summed E-state index contributed by atoms with van der Waals surface area (Å²) < 4.78 is 16.2. The van der Waals surface area contributed by atoms with E-state index in [9.17, 15) is 4.79 Å². The van der Waals surface area contributed by atoms with E-state index >= 15 is 0 Å². The van der Waals surface area contributed by atoms with Gasteiger partial charge in [-0.15, -0.1) is 0 Å². The second-order valence-corrected chi connectivity index (χ2v) is 5.15. The van der Waals surface area contributed by atoms with Gasteiger partial charge in [-0.25, -0.2) is 0 Å². The summed E-state index contributed by atoms with van der Waals surface area (Å²) in [7, 11) is -3.17. The minimum atomic E-state index is -3.17. The van der Waals surface area contributed by atoms with Crippen LogP contribution in [0.5, 0.6) is 0 Å². The Kier molecular flexibility index (Phi) is 7.58. The Morgan fingerprint density at radius 1 is 1.00 bits per heavy atom. The Hall–Kier alpha value is -0.433. The molecule has 0 fully saturated rings. The molecule has 15 heavy (non-hydrogen) atoms. The summed E-state index contributed by atoms with van der Waals surface area (Å²) in [5, 5.41) is 2.69. The van der Waals surface area contributed by atoms with Crippen LogP contribution in [0.15, 0.2) is 0 Å². The quantitative estimate of drug-likeness (QED) is 0.645. The number of amides is 1.